The lowest BCUT2D eigenvalue weighted by Crippen LogP contribution is -2.17. The Hall–Kier alpha value is -1.02. The molecule has 0 aliphatic carbocycles. The van der Waals surface area contributed by atoms with Crippen molar-refractivity contribution >= 4 is 16.1 Å². The number of nitrogens with one attached hydrogen (secondary N) is 1. The molecule has 0 aromatic heterocycles. The van der Waals surface area contributed by atoms with E-state index in [4.69, 9.17) is 5.73 Å². The van der Waals surface area contributed by atoms with E-state index in [1.807, 2.05) is 0 Å². The predicted octanol–water partition coefficient (Wildman–Crippen LogP) is 4.33. The number of nitrogens with two attached hydrogens (primary N) is 1. The highest BCUT2D eigenvalue weighted by Crippen LogP contribution is 2.96. The van der Waals surface area contributed by atoms with E-state index in [0.717, 1.165) is 12.1 Å². The summed E-state index contributed by atoms with van der Waals surface area (Å²) in [6.07, 6.45) is 0. The molecule has 0 saturated heterocycles. The molecule has 0 aliphatic rings. The van der Waals surface area contributed by atoms with Crippen molar-refractivity contribution in [3.8, 4) is 0 Å². The maximum Gasteiger partial charge on any atom is 0.362 e. The molecule has 8 heteroatoms. The number of benzene rings is 1. The van der Waals surface area contributed by atoms with Crippen molar-refractivity contribution in [2.45, 2.75) is 13.0 Å². The van der Waals surface area contributed by atoms with E-state index in [2.05, 4.69) is 0 Å². The molecule has 0 aliphatic heterocycles. The van der Waals surface area contributed by atoms with Crippen LogP contribution in [0.1, 0.15) is 18.5 Å². The van der Waals surface area contributed by atoms with Crippen molar-refractivity contribution in [3.05, 3.63) is 29.8 Å². The molecular formula is C8H11F5N2S. The number of halogens is 5. The molecule has 0 unspecified atom stereocenters. The standard InChI is InChI=1S/C8H11F5N2S/c1-6(14)7-3-2-4-8(5-7)15-16(9,10,11,12)13/h2-6,15H,14H2,1H3/t6-/m1/s1. The minimum Gasteiger partial charge on any atom is -0.324 e. The maximum absolute atomic E-state index is 12.1. The number of anilines is 1. The first-order valence-corrected chi connectivity index (χ1v) is 6.20. The molecular weight excluding hydrogens is 251 g/mol. The van der Waals surface area contributed by atoms with E-state index in [9.17, 15) is 19.4 Å². The fourth-order valence-corrected chi connectivity index (χ4v) is 1.68. The van der Waals surface area contributed by atoms with Crippen molar-refractivity contribution in [1.29, 1.82) is 0 Å². The quantitative estimate of drug-likeness (QED) is 0.795. The van der Waals surface area contributed by atoms with Crippen LogP contribution in [0.5, 0.6) is 0 Å². The second-order valence-electron chi connectivity index (χ2n) is 3.49. The van der Waals surface area contributed by atoms with Crippen LogP contribution >= 0.6 is 10.4 Å². The van der Waals surface area contributed by atoms with E-state index in [0.29, 0.717) is 10.3 Å². The summed E-state index contributed by atoms with van der Waals surface area (Å²) in [6.45, 7) is 1.54. The molecule has 1 rings (SSSR count). The van der Waals surface area contributed by atoms with Crippen LogP contribution in [0, 0.1) is 0 Å². The van der Waals surface area contributed by atoms with Crippen molar-refractivity contribution in [1.82, 2.24) is 0 Å². The molecule has 0 heterocycles. The molecule has 3 N–H and O–H groups in total. The minimum atomic E-state index is -9.64. The smallest absolute Gasteiger partial charge is 0.324 e. The van der Waals surface area contributed by atoms with Crippen LogP contribution in [-0.2, 0) is 0 Å². The summed E-state index contributed by atoms with van der Waals surface area (Å²) in [7, 11) is -9.64. The molecule has 0 saturated carbocycles. The van der Waals surface area contributed by atoms with Gasteiger partial charge >= 0.3 is 10.4 Å². The third-order valence-electron chi connectivity index (χ3n) is 1.72. The Morgan fingerprint density at radius 1 is 1.19 bits per heavy atom. The summed E-state index contributed by atoms with van der Waals surface area (Å²) in [5, 5.41) is 0. The number of hydrogen-bond acceptors (Lipinski definition) is 2. The topological polar surface area (TPSA) is 38.0 Å². The lowest BCUT2D eigenvalue weighted by Gasteiger charge is -2.41. The van der Waals surface area contributed by atoms with E-state index < -0.39 is 22.1 Å². The van der Waals surface area contributed by atoms with Gasteiger partial charge in [0.05, 0.1) is 5.69 Å². The Balaban J connectivity index is 3.05. The third-order valence-corrected chi connectivity index (χ3v) is 2.34. The Morgan fingerprint density at radius 2 is 1.75 bits per heavy atom. The largest absolute Gasteiger partial charge is 0.362 e. The van der Waals surface area contributed by atoms with E-state index in [1.165, 1.54) is 12.1 Å². The van der Waals surface area contributed by atoms with Crippen molar-refractivity contribution in [3.63, 3.8) is 0 Å². The van der Waals surface area contributed by atoms with Gasteiger partial charge in [-0.1, -0.05) is 31.6 Å². The van der Waals surface area contributed by atoms with Gasteiger partial charge in [-0.25, -0.2) is 0 Å². The highest BCUT2D eigenvalue weighted by molar-refractivity contribution is 8.46. The van der Waals surface area contributed by atoms with Gasteiger partial charge in [0, 0.05) is 6.04 Å². The van der Waals surface area contributed by atoms with Gasteiger partial charge < -0.3 is 5.73 Å². The average molecular weight is 262 g/mol. The molecule has 2 nitrogen and oxygen atoms in total. The zero-order valence-electron chi connectivity index (χ0n) is 8.26. The molecule has 0 spiro atoms. The van der Waals surface area contributed by atoms with Gasteiger partial charge in [-0.3, -0.25) is 4.72 Å². The molecule has 1 aromatic rings. The van der Waals surface area contributed by atoms with Gasteiger partial charge in [0.15, 0.2) is 0 Å². The summed E-state index contributed by atoms with van der Waals surface area (Å²) < 4.78 is 60.8. The maximum atomic E-state index is 12.1. The molecule has 1 atom stereocenters. The Bertz CT molecular complexity index is 399. The first-order chi connectivity index (χ1) is 6.86. The molecule has 0 bridgehead atoms. The minimum absolute atomic E-state index is 0.340. The lowest BCUT2D eigenvalue weighted by atomic mass is 10.1. The highest BCUT2D eigenvalue weighted by atomic mass is 32.5. The zero-order chi connectivity index (χ0) is 12.7. The molecule has 0 amide bonds. The number of rotatable bonds is 3. The van der Waals surface area contributed by atoms with Gasteiger partial charge in [-0.05, 0) is 24.6 Å². The summed E-state index contributed by atoms with van der Waals surface area (Å²) in [5.74, 6) is 0. The molecule has 94 valence electrons. The third kappa shape index (κ3) is 4.67. The monoisotopic (exact) mass is 262 g/mol. The Morgan fingerprint density at radius 3 is 2.19 bits per heavy atom. The SMILES string of the molecule is C[C@@H](N)c1cccc(NS(F)(F)(F)(F)F)c1. The van der Waals surface area contributed by atoms with E-state index in [-0.39, 0.29) is 0 Å². The van der Waals surface area contributed by atoms with Gasteiger partial charge in [0.25, 0.3) is 0 Å². The fraction of sp³-hybridized carbons (Fsp3) is 0.250. The van der Waals surface area contributed by atoms with Crippen LogP contribution in [0.3, 0.4) is 0 Å². The van der Waals surface area contributed by atoms with Crippen molar-refractivity contribution in [2.75, 3.05) is 4.72 Å². The molecule has 16 heavy (non-hydrogen) atoms. The molecule has 1 aromatic carbocycles. The fourth-order valence-electron chi connectivity index (χ4n) is 1.11. The first kappa shape index (κ1) is 13.0. The normalized spacial score (nSPS) is 18.4. The zero-order valence-corrected chi connectivity index (χ0v) is 9.08. The Kier molecular flexibility index (Phi) is 2.45. The van der Waals surface area contributed by atoms with Gasteiger partial charge in [-0.15, -0.1) is 0 Å². The highest BCUT2D eigenvalue weighted by Gasteiger charge is 2.63. The number of hydrogen-bond donors (Lipinski definition) is 2. The van der Waals surface area contributed by atoms with Crippen LogP contribution in [0.4, 0.5) is 25.1 Å². The molecule has 0 fully saturated rings. The predicted molar refractivity (Wildman–Crippen MR) is 55.8 cm³/mol. The summed E-state index contributed by atoms with van der Waals surface area (Å²) in [6, 6.07) is 4.01. The second kappa shape index (κ2) is 3.01. The van der Waals surface area contributed by atoms with E-state index >= 15 is 0 Å². The van der Waals surface area contributed by atoms with Gasteiger partial charge in [0.1, 0.15) is 0 Å². The van der Waals surface area contributed by atoms with Crippen LogP contribution in [0.15, 0.2) is 24.3 Å². The summed E-state index contributed by atoms with van der Waals surface area (Å²) in [5.41, 5.74) is 5.05. The van der Waals surface area contributed by atoms with Crippen LogP contribution < -0.4 is 10.5 Å². The average Bonchev–Trinajstić information content (AvgIpc) is 1.98. The Labute approximate surface area is 89.5 Å². The van der Waals surface area contributed by atoms with Gasteiger partial charge in [-0.2, -0.15) is 0 Å². The molecule has 0 radical (unpaired) electrons. The summed E-state index contributed by atoms with van der Waals surface area (Å²) >= 11 is 0. The van der Waals surface area contributed by atoms with Crippen LogP contribution in [0.25, 0.3) is 0 Å². The van der Waals surface area contributed by atoms with E-state index in [1.54, 1.807) is 6.92 Å². The van der Waals surface area contributed by atoms with Crippen LogP contribution in [0.2, 0.25) is 0 Å². The van der Waals surface area contributed by atoms with Gasteiger partial charge in [0.2, 0.25) is 0 Å². The lowest BCUT2D eigenvalue weighted by molar-refractivity contribution is 0.375. The van der Waals surface area contributed by atoms with Crippen molar-refractivity contribution < 1.29 is 19.4 Å². The summed E-state index contributed by atoms with van der Waals surface area (Å²) in [4.78, 5) is 0. The second-order valence-corrected chi connectivity index (χ2v) is 5.63. The van der Waals surface area contributed by atoms with Crippen molar-refractivity contribution in [2.24, 2.45) is 5.73 Å². The first-order valence-electron chi connectivity index (χ1n) is 4.25. The van der Waals surface area contributed by atoms with Crippen LogP contribution in [-0.4, -0.2) is 0 Å².